The van der Waals surface area contributed by atoms with Crippen molar-refractivity contribution in [2.75, 3.05) is 19.7 Å². The molecule has 0 bridgehead atoms. The number of hydrogen-bond acceptors (Lipinski definition) is 3. The van der Waals surface area contributed by atoms with Crippen LogP contribution in [0.2, 0.25) is 0 Å². The van der Waals surface area contributed by atoms with Gasteiger partial charge in [0.25, 0.3) is 0 Å². The minimum absolute atomic E-state index is 0.0709. The smallest absolute Gasteiger partial charge is 0.409 e. The van der Waals surface area contributed by atoms with Crippen molar-refractivity contribution in [2.24, 2.45) is 0 Å². The van der Waals surface area contributed by atoms with E-state index >= 15 is 0 Å². The first-order valence-electron chi connectivity index (χ1n) is 10.6. The molecule has 3 aromatic carbocycles. The Bertz CT molecular complexity index is 1120. The number of amides is 1. The summed E-state index contributed by atoms with van der Waals surface area (Å²) in [6, 6.07) is 20.8. The second-order valence-corrected chi connectivity index (χ2v) is 10.6. The van der Waals surface area contributed by atoms with Gasteiger partial charge in [0.1, 0.15) is 12.4 Å². The summed E-state index contributed by atoms with van der Waals surface area (Å²) in [4.78, 5) is 14.1. The number of fused-ring (bicyclic) bond motifs is 1. The van der Waals surface area contributed by atoms with E-state index in [1.165, 1.54) is 17.0 Å². The van der Waals surface area contributed by atoms with Crippen LogP contribution in [0.4, 0.5) is 9.18 Å². The van der Waals surface area contributed by atoms with Crippen molar-refractivity contribution in [1.82, 2.24) is 4.90 Å². The fraction of sp³-hybridized carbons (Fsp3) is 0.320. The normalized spacial score (nSPS) is 19.0. The average Bonchev–Trinajstić information content (AvgIpc) is 2.80. The molecule has 1 amide bonds. The Labute approximate surface area is 207 Å². The van der Waals surface area contributed by atoms with Crippen LogP contribution in [-0.4, -0.2) is 40.6 Å². The highest BCUT2D eigenvalue weighted by Gasteiger charge is 2.35. The summed E-state index contributed by atoms with van der Waals surface area (Å²) in [6.45, 7) is 0.727. The number of halogens is 4. The number of alkyl halides is 3. The Morgan fingerprint density at radius 3 is 2.58 bits per heavy atom. The van der Waals surface area contributed by atoms with Crippen LogP contribution in [0.25, 0.3) is 10.8 Å². The molecule has 3 aromatic rings. The lowest BCUT2D eigenvalue weighted by Gasteiger charge is -2.38. The van der Waals surface area contributed by atoms with Crippen LogP contribution in [0.3, 0.4) is 0 Å². The summed E-state index contributed by atoms with van der Waals surface area (Å²) in [5.74, 6) is -0.372. The van der Waals surface area contributed by atoms with Crippen LogP contribution in [0.1, 0.15) is 23.5 Å². The topological polar surface area (TPSA) is 38.8 Å². The molecule has 8 heteroatoms. The van der Waals surface area contributed by atoms with Crippen molar-refractivity contribution in [3.8, 4) is 0 Å². The van der Waals surface area contributed by atoms with Gasteiger partial charge >= 0.3 is 6.09 Å². The number of likely N-dealkylation sites (tertiary alicyclic amines) is 1. The Kier molecular flexibility index (Phi) is 7.65. The van der Waals surface area contributed by atoms with Crippen molar-refractivity contribution in [2.45, 2.75) is 28.8 Å². The predicted octanol–water partition coefficient (Wildman–Crippen LogP) is 6.86. The molecule has 4 nitrogen and oxygen atoms in total. The maximum atomic E-state index is 13.9. The molecule has 4 rings (SSSR count). The van der Waals surface area contributed by atoms with E-state index in [0.717, 1.165) is 21.9 Å². The molecule has 0 radical (unpaired) electrons. The standard InChI is InChI=1S/C25H23Cl3FNO3/c26-25(27,28)16-33-24(31)30-11-10-22(20-6-3-7-21(29)13-20)23(14-30)32-15-17-8-9-18-4-1-2-5-19(18)12-17/h1-9,12-13,22-23H,10-11,14-16H2. The summed E-state index contributed by atoms with van der Waals surface area (Å²) in [6.07, 6.45) is -0.333. The van der Waals surface area contributed by atoms with Crippen molar-refractivity contribution in [1.29, 1.82) is 0 Å². The lowest BCUT2D eigenvalue weighted by molar-refractivity contribution is -0.0236. The molecule has 1 aliphatic rings. The van der Waals surface area contributed by atoms with Gasteiger partial charge in [-0.3, -0.25) is 0 Å². The lowest BCUT2D eigenvalue weighted by Crippen LogP contribution is -2.47. The largest absolute Gasteiger partial charge is 0.445 e. The highest BCUT2D eigenvalue weighted by molar-refractivity contribution is 6.67. The molecule has 1 fully saturated rings. The molecule has 1 saturated heterocycles. The summed E-state index contributed by atoms with van der Waals surface area (Å²) in [5.41, 5.74) is 1.86. The maximum absolute atomic E-state index is 13.9. The highest BCUT2D eigenvalue weighted by Crippen LogP contribution is 2.32. The molecule has 0 N–H and O–H groups in total. The van der Waals surface area contributed by atoms with Gasteiger partial charge in [0, 0.05) is 12.5 Å². The number of rotatable bonds is 5. The van der Waals surface area contributed by atoms with E-state index in [9.17, 15) is 9.18 Å². The first kappa shape index (κ1) is 24.1. The Hall–Kier alpha value is -2.05. The van der Waals surface area contributed by atoms with E-state index in [4.69, 9.17) is 44.3 Å². The van der Waals surface area contributed by atoms with Gasteiger partial charge in [0.15, 0.2) is 0 Å². The molecule has 1 heterocycles. The van der Waals surface area contributed by atoms with Crippen molar-refractivity contribution < 1.29 is 18.7 Å². The van der Waals surface area contributed by atoms with E-state index in [0.29, 0.717) is 19.6 Å². The summed E-state index contributed by atoms with van der Waals surface area (Å²) in [5, 5.41) is 2.28. The quantitative estimate of drug-likeness (QED) is 0.352. The third-order valence-electron chi connectivity index (χ3n) is 5.73. The lowest BCUT2D eigenvalue weighted by atomic mass is 9.87. The number of carbonyl (C=O) groups excluding carboxylic acids is 1. The van der Waals surface area contributed by atoms with E-state index in [-0.39, 0.29) is 31.0 Å². The van der Waals surface area contributed by atoms with Gasteiger partial charge in [-0.1, -0.05) is 83.3 Å². The molecular weight excluding hydrogens is 488 g/mol. The first-order valence-corrected chi connectivity index (χ1v) is 11.7. The molecular formula is C25H23Cl3FNO3. The zero-order valence-corrected chi connectivity index (χ0v) is 20.0. The number of hydrogen-bond donors (Lipinski definition) is 0. The summed E-state index contributed by atoms with van der Waals surface area (Å²) in [7, 11) is 0. The third kappa shape index (κ3) is 6.51. The van der Waals surface area contributed by atoms with Gasteiger partial charge in [0.05, 0.1) is 19.3 Å². The molecule has 2 unspecified atom stereocenters. The van der Waals surface area contributed by atoms with Crippen LogP contribution in [0.15, 0.2) is 66.7 Å². The van der Waals surface area contributed by atoms with Gasteiger partial charge in [0.2, 0.25) is 3.79 Å². The zero-order chi connectivity index (χ0) is 23.4. The number of carbonyl (C=O) groups is 1. The highest BCUT2D eigenvalue weighted by atomic mass is 35.6. The Balaban J connectivity index is 1.49. The predicted molar refractivity (Wildman–Crippen MR) is 129 cm³/mol. The molecule has 2 atom stereocenters. The SMILES string of the molecule is O=C(OCC(Cl)(Cl)Cl)N1CCC(c2cccc(F)c2)C(OCc2ccc3ccccc3c2)C1. The zero-order valence-electron chi connectivity index (χ0n) is 17.7. The molecule has 1 aliphatic heterocycles. The van der Waals surface area contributed by atoms with Gasteiger partial charge < -0.3 is 14.4 Å². The van der Waals surface area contributed by atoms with E-state index < -0.39 is 9.89 Å². The van der Waals surface area contributed by atoms with Crippen LogP contribution < -0.4 is 0 Å². The van der Waals surface area contributed by atoms with Gasteiger partial charge in [-0.2, -0.15) is 0 Å². The van der Waals surface area contributed by atoms with Crippen molar-refractivity contribution in [3.63, 3.8) is 0 Å². The summed E-state index contributed by atoms with van der Waals surface area (Å²) >= 11 is 17.1. The van der Waals surface area contributed by atoms with Crippen LogP contribution >= 0.6 is 34.8 Å². The van der Waals surface area contributed by atoms with Crippen molar-refractivity contribution in [3.05, 3.63) is 83.7 Å². The van der Waals surface area contributed by atoms with E-state index in [2.05, 4.69) is 24.3 Å². The molecule has 0 saturated carbocycles. The third-order valence-corrected chi connectivity index (χ3v) is 6.06. The molecule has 0 spiro atoms. The molecule has 174 valence electrons. The second-order valence-electron chi connectivity index (χ2n) is 8.10. The van der Waals surface area contributed by atoms with Gasteiger partial charge in [-0.15, -0.1) is 0 Å². The minimum atomic E-state index is -1.68. The number of ether oxygens (including phenoxy) is 2. The van der Waals surface area contributed by atoms with Crippen molar-refractivity contribution >= 4 is 51.7 Å². The first-order chi connectivity index (χ1) is 15.8. The fourth-order valence-corrected chi connectivity index (χ4v) is 4.30. The van der Waals surface area contributed by atoms with Gasteiger partial charge in [-0.05, 0) is 46.5 Å². The maximum Gasteiger partial charge on any atom is 0.409 e. The van der Waals surface area contributed by atoms with E-state index in [1.54, 1.807) is 6.07 Å². The summed E-state index contributed by atoms with van der Waals surface area (Å²) < 4.78 is 23.7. The fourth-order valence-electron chi connectivity index (χ4n) is 4.14. The molecule has 0 aromatic heterocycles. The van der Waals surface area contributed by atoms with Crippen LogP contribution in [-0.2, 0) is 16.1 Å². The van der Waals surface area contributed by atoms with Crippen LogP contribution in [0, 0.1) is 5.82 Å². The van der Waals surface area contributed by atoms with E-state index in [1.807, 2.05) is 24.3 Å². The van der Waals surface area contributed by atoms with Crippen LogP contribution in [0.5, 0.6) is 0 Å². The minimum Gasteiger partial charge on any atom is -0.445 e. The number of benzene rings is 3. The monoisotopic (exact) mass is 509 g/mol. The average molecular weight is 511 g/mol. The number of piperidine rings is 1. The molecule has 0 aliphatic carbocycles. The number of nitrogens with zero attached hydrogens (tertiary/aromatic N) is 1. The Morgan fingerprint density at radius 2 is 1.82 bits per heavy atom. The Morgan fingerprint density at radius 1 is 1.03 bits per heavy atom. The van der Waals surface area contributed by atoms with Gasteiger partial charge in [-0.25, -0.2) is 9.18 Å². The molecule has 33 heavy (non-hydrogen) atoms. The second kappa shape index (κ2) is 10.5.